The molecule has 0 saturated carbocycles. The number of nitrogens with zero attached hydrogens (tertiary/aromatic N) is 1. The Kier molecular flexibility index (Phi) is 11.6. The zero-order valence-electron chi connectivity index (χ0n) is 29.1. The SMILES string of the molecule is Cc1ccc(S(=O)(=O)OCC/C=C/C[C@H](O)[C@H]2O[C@@H](n3cc(C)c(=O)[nH]c3=O)C[C@@H]2O[Si](c2ccccc2)(c2ccccc2)C(C)(C)C)cc1. The van der Waals surface area contributed by atoms with Crippen LogP contribution in [0.5, 0.6) is 0 Å². The van der Waals surface area contributed by atoms with E-state index >= 15 is 0 Å². The third kappa shape index (κ3) is 8.17. The first-order valence-electron chi connectivity index (χ1n) is 16.8. The number of aliphatic hydroxyl groups is 1. The number of rotatable bonds is 13. The maximum atomic E-state index is 13.0. The maximum Gasteiger partial charge on any atom is 0.330 e. The van der Waals surface area contributed by atoms with Crippen LogP contribution >= 0.6 is 0 Å². The Morgan fingerprint density at radius 3 is 2.14 bits per heavy atom. The Morgan fingerprint density at radius 2 is 1.56 bits per heavy atom. The van der Waals surface area contributed by atoms with Crippen molar-refractivity contribution in [2.75, 3.05) is 6.61 Å². The van der Waals surface area contributed by atoms with Crippen molar-refractivity contribution in [3.63, 3.8) is 0 Å². The minimum atomic E-state index is -3.88. The van der Waals surface area contributed by atoms with E-state index in [1.807, 2.05) is 43.3 Å². The van der Waals surface area contributed by atoms with Gasteiger partial charge >= 0.3 is 5.69 Å². The van der Waals surface area contributed by atoms with Crippen molar-refractivity contribution in [3.05, 3.63) is 135 Å². The van der Waals surface area contributed by atoms with Crippen molar-refractivity contribution in [1.29, 1.82) is 0 Å². The number of aliphatic hydroxyl groups excluding tert-OH is 1. The number of ether oxygens (including phenoxy) is 1. The summed E-state index contributed by atoms with van der Waals surface area (Å²) in [6, 6.07) is 26.7. The van der Waals surface area contributed by atoms with Crippen LogP contribution < -0.4 is 21.6 Å². The van der Waals surface area contributed by atoms with Crippen LogP contribution in [0.3, 0.4) is 0 Å². The summed E-state index contributed by atoms with van der Waals surface area (Å²) in [5.74, 6) is 0. The highest BCUT2D eigenvalue weighted by Gasteiger charge is 2.54. The van der Waals surface area contributed by atoms with Gasteiger partial charge in [-0.15, -0.1) is 0 Å². The van der Waals surface area contributed by atoms with Crippen LogP contribution in [0.4, 0.5) is 0 Å². The number of benzene rings is 3. The average Bonchev–Trinajstić information content (AvgIpc) is 3.50. The van der Waals surface area contributed by atoms with E-state index in [1.54, 1.807) is 31.2 Å². The van der Waals surface area contributed by atoms with Crippen LogP contribution in [0.15, 0.2) is 118 Å². The van der Waals surface area contributed by atoms with Crippen molar-refractivity contribution in [1.82, 2.24) is 9.55 Å². The highest BCUT2D eigenvalue weighted by atomic mass is 32.2. The van der Waals surface area contributed by atoms with E-state index in [0.29, 0.717) is 12.0 Å². The molecule has 1 aliphatic rings. The second-order valence-corrected chi connectivity index (χ2v) is 19.6. The predicted octanol–water partition coefficient (Wildman–Crippen LogP) is 4.49. The number of aromatic nitrogens is 2. The van der Waals surface area contributed by atoms with Gasteiger partial charge in [-0.25, -0.2) is 4.79 Å². The second kappa shape index (κ2) is 15.5. The highest BCUT2D eigenvalue weighted by Crippen LogP contribution is 2.42. The lowest BCUT2D eigenvalue weighted by Gasteiger charge is -2.45. The molecule has 1 aromatic heterocycles. The van der Waals surface area contributed by atoms with Crippen molar-refractivity contribution in [2.24, 2.45) is 0 Å². The Hall–Kier alpha value is -3.91. The molecule has 50 heavy (non-hydrogen) atoms. The number of hydrogen-bond donors (Lipinski definition) is 2. The average molecular weight is 719 g/mol. The summed E-state index contributed by atoms with van der Waals surface area (Å²) in [5.41, 5.74) is 0.228. The highest BCUT2D eigenvalue weighted by molar-refractivity contribution is 7.86. The van der Waals surface area contributed by atoms with Gasteiger partial charge in [0.1, 0.15) is 12.3 Å². The molecular weight excluding hydrogens is 673 g/mol. The van der Waals surface area contributed by atoms with Gasteiger partial charge in [-0.2, -0.15) is 8.42 Å². The van der Waals surface area contributed by atoms with Gasteiger partial charge in [-0.3, -0.25) is 18.5 Å². The molecule has 5 rings (SSSR count). The quantitative estimate of drug-likeness (QED) is 0.0894. The van der Waals surface area contributed by atoms with Gasteiger partial charge in [0.15, 0.2) is 0 Å². The number of H-pyrrole nitrogens is 1. The van der Waals surface area contributed by atoms with E-state index in [4.69, 9.17) is 13.3 Å². The van der Waals surface area contributed by atoms with Gasteiger partial charge in [0.25, 0.3) is 24.0 Å². The zero-order chi connectivity index (χ0) is 36.1. The summed E-state index contributed by atoms with van der Waals surface area (Å²) in [6.45, 7) is 9.93. The first-order chi connectivity index (χ1) is 23.7. The molecule has 266 valence electrons. The zero-order valence-corrected chi connectivity index (χ0v) is 30.9. The fourth-order valence-corrected chi connectivity index (χ4v) is 12.1. The number of aryl methyl sites for hydroxylation is 2. The van der Waals surface area contributed by atoms with Gasteiger partial charge in [-0.05, 0) is 54.2 Å². The lowest BCUT2D eigenvalue weighted by atomic mass is 10.0. The topological polar surface area (TPSA) is 137 Å². The third-order valence-electron chi connectivity index (χ3n) is 9.07. The van der Waals surface area contributed by atoms with E-state index in [9.17, 15) is 23.1 Å². The molecule has 1 aliphatic heterocycles. The molecule has 10 nitrogen and oxygen atoms in total. The van der Waals surface area contributed by atoms with E-state index in [0.717, 1.165) is 15.9 Å². The molecule has 1 fully saturated rings. The first kappa shape index (κ1) is 37.3. The molecule has 0 spiro atoms. The van der Waals surface area contributed by atoms with Crippen LogP contribution in [0.1, 0.15) is 57.4 Å². The fourth-order valence-electron chi connectivity index (χ4n) is 6.50. The lowest BCUT2D eigenvalue weighted by Crippen LogP contribution is -2.68. The van der Waals surface area contributed by atoms with Crippen molar-refractivity contribution in [3.8, 4) is 0 Å². The number of nitrogens with one attached hydrogen (secondary N) is 1. The van der Waals surface area contributed by atoms with E-state index < -0.39 is 54.2 Å². The maximum absolute atomic E-state index is 13.0. The summed E-state index contributed by atoms with van der Waals surface area (Å²) < 4.78 is 45.5. The van der Waals surface area contributed by atoms with Gasteiger partial charge in [0.05, 0.1) is 23.7 Å². The van der Waals surface area contributed by atoms with Crippen molar-refractivity contribution in [2.45, 2.75) is 88.4 Å². The summed E-state index contributed by atoms with van der Waals surface area (Å²) in [6.07, 6.45) is 2.45. The number of aromatic amines is 1. The largest absolute Gasteiger partial charge is 0.402 e. The molecule has 0 bridgehead atoms. The first-order valence-corrected chi connectivity index (χ1v) is 20.1. The van der Waals surface area contributed by atoms with Crippen LogP contribution in [0.25, 0.3) is 0 Å². The van der Waals surface area contributed by atoms with Gasteiger partial charge < -0.3 is 14.3 Å². The predicted molar refractivity (Wildman–Crippen MR) is 196 cm³/mol. The lowest BCUT2D eigenvalue weighted by molar-refractivity contribution is -0.0794. The van der Waals surface area contributed by atoms with E-state index in [-0.39, 0.29) is 29.4 Å². The molecule has 3 aromatic carbocycles. The molecule has 0 unspecified atom stereocenters. The Bertz CT molecular complexity index is 1950. The smallest absolute Gasteiger partial charge is 0.330 e. The Labute approximate surface area is 294 Å². The molecular formula is C38H46N2O8SSi. The molecule has 12 heteroatoms. The normalized spacial score (nSPS) is 19.2. The third-order valence-corrected chi connectivity index (χ3v) is 15.5. The van der Waals surface area contributed by atoms with Crippen LogP contribution in [0, 0.1) is 13.8 Å². The summed E-state index contributed by atoms with van der Waals surface area (Å²) in [7, 11) is -6.98. The van der Waals surface area contributed by atoms with E-state index in [1.165, 1.54) is 22.9 Å². The van der Waals surface area contributed by atoms with Crippen molar-refractivity contribution < 1.29 is 26.9 Å². The monoisotopic (exact) mass is 718 g/mol. The number of hydrogen-bond acceptors (Lipinski definition) is 8. The minimum Gasteiger partial charge on any atom is -0.402 e. The van der Waals surface area contributed by atoms with Gasteiger partial charge in [0.2, 0.25) is 0 Å². The molecule has 2 heterocycles. The molecule has 0 aliphatic carbocycles. The van der Waals surface area contributed by atoms with Crippen LogP contribution in [-0.2, 0) is 23.5 Å². The summed E-state index contributed by atoms with van der Waals surface area (Å²) >= 11 is 0. The van der Waals surface area contributed by atoms with Crippen molar-refractivity contribution >= 4 is 28.8 Å². The molecule has 1 saturated heterocycles. The fraction of sp³-hybridized carbons (Fsp3) is 0.368. The second-order valence-electron chi connectivity index (χ2n) is 13.7. The summed E-state index contributed by atoms with van der Waals surface area (Å²) in [4.78, 5) is 27.6. The van der Waals surface area contributed by atoms with Crippen LogP contribution in [-0.4, -0.2) is 56.3 Å². The standard InChI is InChI=1S/C38H46N2O8SSi/c1-27-20-22-29(23-21-27)49(44,45)46-24-14-8-13-19-32(41)35-33(25-34(47-35)40-26-28(2)36(42)39-37(40)43)48-50(38(3,4)5,30-15-9-6-10-16-30)31-17-11-7-12-18-31/h6-13,15-18,20-23,26,32-35,41H,14,19,24-25H2,1-5H3,(H,39,42,43)/b13-8+/t32-,33-,34+,35+/m0/s1. The molecule has 4 aromatic rings. The molecule has 0 radical (unpaired) electrons. The van der Waals surface area contributed by atoms with Gasteiger partial charge in [-0.1, -0.05) is 111 Å². The Balaban J connectivity index is 1.41. The molecule has 0 amide bonds. The summed E-state index contributed by atoms with van der Waals surface area (Å²) in [5, 5.41) is 13.4. The van der Waals surface area contributed by atoms with Gasteiger partial charge in [0, 0.05) is 18.2 Å². The van der Waals surface area contributed by atoms with E-state index in [2.05, 4.69) is 50.0 Å². The Morgan fingerprint density at radius 1 is 0.960 bits per heavy atom. The molecule has 4 atom stereocenters. The molecule has 2 N–H and O–H groups in total. The minimum absolute atomic E-state index is 0.0567. The van der Waals surface area contributed by atoms with Crippen LogP contribution in [0.2, 0.25) is 5.04 Å².